The second-order valence-electron chi connectivity index (χ2n) is 8.54. The zero-order valence-corrected chi connectivity index (χ0v) is 20.9. The quantitative estimate of drug-likeness (QED) is 0.282. The normalized spacial score (nSPS) is 16.9. The van der Waals surface area contributed by atoms with E-state index in [-0.39, 0.29) is 17.4 Å². The topological polar surface area (TPSA) is 165 Å². The van der Waals surface area contributed by atoms with Gasteiger partial charge in [-0.1, -0.05) is 42.1 Å². The number of benzene rings is 1. The average Bonchev–Trinajstić information content (AvgIpc) is 3.32. The summed E-state index contributed by atoms with van der Waals surface area (Å²) in [5, 5.41) is 4.97. The maximum Gasteiger partial charge on any atom is 0.246 e. The van der Waals surface area contributed by atoms with Crippen LogP contribution in [0, 0.1) is 0 Å². The summed E-state index contributed by atoms with van der Waals surface area (Å²) in [6.07, 6.45) is 2.41. The van der Waals surface area contributed by atoms with E-state index in [1.807, 2.05) is 30.3 Å². The van der Waals surface area contributed by atoms with Crippen molar-refractivity contribution >= 4 is 40.5 Å². The van der Waals surface area contributed by atoms with Crippen LogP contribution in [0.1, 0.15) is 51.0 Å². The van der Waals surface area contributed by atoms with Gasteiger partial charge in [-0.05, 0) is 44.2 Å². The number of hydrogen-bond donors (Lipinski definition) is 4. The number of unbranched alkanes of at least 4 members (excludes halogenated alkanes) is 1. The maximum atomic E-state index is 13.3. The molecule has 1 aromatic rings. The van der Waals surface area contributed by atoms with E-state index in [1.165, 1.54) is 11.8 Å². The number of hydrogen-bond acceptors (Lipinski definition) is 7. The number of likely N-dealkylation sites (tertiary alicyclic amines) is 1. The van der Waals surface area contributed by atoms with Crippen molar-refractivity contribution in [3.63, 3.8) is 0 Å². The number of nitrogens with zero attached hydrogens (tertiary/aromatic N) is 1. The molecule has 1 fully saturated rings. The van der Waals surface area contributed by atoms with Gasteiger partial charge in [0.15, 0.2) is 5.12 Å². The Hall–Kier alpha value is -2.92. The smallest absolute Gasteiger partial charge is 0.246 e. The molecule has 0 radical (unpaired) electrons. The number of amides is 4. The lowest BCUT2D eigenvalue weighted by atomic mass is 10.1. The molecule has 1 aliphatic heterocycles. The maximum absolute atomic E-state index is 13.3. The molecule has 0 unspecified atom stereocenters. The van der Waals surface area contributed by atoms with E-state index < -0.39 is 35.8 Å². The Bertz CT molecular complexity index is 898. The van der Waals surface area contributed by atoms with Crippen molar-refractivity contribution in [2.24, 2.45) is 11.5 Å². The van der Waals surface area contributed by atoms with E-state index in [2.05, 4.69) is 10.6 Å². The minimum atomic E-state index is -1.18. The first-order chi connectivity index (χ1) is 16.7. The van der Waals surface area contributed by atoms with Gasteiger partial charge in [0, 0.05) is 25.6 Å². The Balaban J connectivity index is 2.15. The number of carbonyl (C=O) groups excluding carboxylic acids is 5. The summed E-state index contributed by atoms with van der Waals surface area (Å²) < 4.78 is 0. The monoisotopic (exact) mass is 505 g/mol. The first-order valence-corrected chi connectivity index (χ1v) is 12.8. The highest BCUT2D eigenvalue weighted by atomic mass is 32.2. The molecule has 0 spiro atoms. The van der Waals surface area contributed by atoms with Crippen LogP contribution in [0.4, 0.5) is 0 Å². The molecule has 0 aromatic heterocycles. The summed E-state index contributed by atoms with van der Waals surface area (Å²) in [4.78, 5) is 64.0. The van der Waals surface area contributed by atoms with Gasteiger partial charge in [-0.2, -0.15) is 0 Å². The third-order valence-electron chi connectivity index (χ3n) is 5.73. The highest BCUT2D eigenvalue weighted by Gasteiger charge is 2.38. The summed E-state index contributed by atoms with van der Waals surface area (Å²) in [5.74, 6) is -1.68. The van der Waals surface area contributed by atoms with E-state index in [1.54, 1.807) is 0 Å². The number of thioether (sulfide) groups is 1. The fraction of sp³-hybridized carbons (Fsp3) is 0.542. The molecule has 4 amide bonds. The molecule has 1 aromatic carbocycles. The van der Waals surface area contributed by atoms with Crippen molar-refractivity contribution in [1.82, 2.24) is 15.5 Å². The summed E-state index contributed by atoms with van der Waals surface area (Å²) >= 11 is 1.05. The van der Waals surface area contributed by atoms with E-state index in [4.69, 9.17) is 11.5 Å². The summed E-state index contributed by atoms with van der Waals surface area (Å²) in [6.45, 7) is 2.07. The van der Waals surface area contributed by atoms with Crippen molar-refractivity contribution in [1.29, 1.82) is 0 Å². The van der Waals surface area contributed by atoms with Gasteiger partial charge in [0.25, 0.3) is 0 Å². The second kappa shape index (κ2) is 14.5. The lowest BCUT2D eigenvalue weighted by molar-refractivity contribution is -0.141. The molecule has 10 nitrogen and oxygen atoms in total. The van der Waals surface area contributed by atoms with Crippen LogP contribution >= 0.6 is 11.8 Å². The van der Waals surface area contributed by atoms with Crippen molar-refractivity contribution in [3.8, 4) is 0 Å². The van der Waals surface area contributed by atoms with Crippen molar-refractivity contribution in [2.45, 2.75) is 69.3 Å². The highest BCUT2D eigenvalue weighted by Crippen LogP contribution is 2.21. The Morgan fingerprint density at radius 3 is 2.43 bits per heavy atom. The van der Waals surface area contributed by atoms with Crippen LogP contribution in [-0.4, -0.2) is 64.9 Å². The third kappa shape index (κ3) is 9.33. The summed E-state index contributed by atoms with van der Waals surface area (Å²) in [7, 11) is 0. The van der Waals surface area contributed by atoms with E-state index in [0.29, 0.717) is 50.9 Å². The molecule has 1 saturated heterocycles. The predicted octanol–water partition coefficient (Wildman–Crippen LogP) is 0.431. The number of primary amides is 1. The Morgan fingerprint density at radius 2 is 1.80 bits per heavy atom. The molecule has 1 heterocycles. The van der Waals surface area contributed by atoms with Gasteiger partial charge in [0.2, 0.25) is 23.6 Å². The van der Waals surface area contributed by atoms with Crippen LogP contribution in [0.2, 0.25) is 0 Å². The van der Waals surface area contributed by atoms with Crippen LogP contribution in [0.15, 0.2) is 30.3 Å². The fourth-order valence-corrected chi connectivity index (χ4v) is 4.77. The predicted molar refractivity (Wildman–Crippen MR) is 134 cm³/mol. The SMILES string of the molecule is CC(=O)N[C@@H](CCCCN)C(=O)N[C@@H](CC(=O)SCc1ccccc1)C(=O)N1CCC[C@H]1C(N)=O. The third-order valence-corrected chi connectivity index (χ3v) is 6.70. The van der Waals surface area contributed by atoms with E-state index in [0.717, 1.165) is 17.3 Å². The Morgan fingerprint density at radius 1 is 1.09 bits per heavy atom. The molecule has 0 saturated carbocycles. The molecular formula is C24H35N5O5S. The molecule has 2 rings (SSSR count). The van der Waals surface area contributed by atoms with Gasteiger partial charge >= 0.3 is 0 Å². The average molecular weight is 506 g/mol. The van der Waals surface area contributed by atoms with Crippen LogP contribution < -0.4 is 22.1 Å². The van der Waals surface area contributed by atoms with Crippen LogP contribution in [0.5, 0.6) is 0 Å². The number of nitrogens with two attached hydrogens (primary N) is 2. The van der Waals surface area contributed by atoms with E-state index >= 15 is 0 Å². The molecular weight excluding hydrogens is 470 g/mol. The van der Waals surface area contributed by atoms with Crippen LogP contribution in [-0.2, 0) is 29.7 Å². The minimum Gasteiger partial charge on any atom is -0.368 e. The number of rotatable bonds is 13. The molecule has 6 N–H and O–H groups in total. The molecule has 0 aliphatic carbocycles. The number of carbonyl (C=O) groups is 5. The Kier molecular flexibility index (Phi) is 11.7. The first kappa shape index (κ1) is 28.3. The number of nitrogens with one attached hydrogen (secondary N) is 2. The minimum absolute atomic E-state index is 0.250. The zero-order chi connectivity index (χ0) is 25.8. The van der Waals surface area contributed by atoms with Crippen LogP contribution in [0.25, 0.3) is 0 Å². The van der Waals surface area contributed by atoms with E-state index in [9.17, 15) is 24.0 Å². The second-order valence-corrected chi connectivity index (χ2v) is 9.57. The summed E-state index contributed by atoms with van der Waals surface area (Å²) in [6, 6.07) is 6.59. The highest BCUT2D eigenvalue weighted by molar-refractivity contribution is 8.12. The standard InChI is InChI=1S/C24H35N5O5S/c1-16(30)27-18(10-5-6-12-25)23(33)28-19(24(34)29-13-7-11-20(29)22(26)32)14-21(31)35-15-17-8-3-2-4-9-17/h2-4,8-9,18-20H,5-7,10-15,25H2,1H3,(H2,26,32)(H,27,30)(H,28,33)/t18-,19-,20-/m0/s1. The van der Waals surface area contributed by atoms with Gasteiger partial charge in [0.1, 0.15) is 18.1 Å². The largest absolute Gasteiger partial charge is 0.368 e. The van der Waals surface area contributed by atoms with Crippen molar-refractivity contribution < 1.29 is 24.0 Å². The van der Waals surface area contributed by atoms with Crippen molar-refractivity contribution in [2.75, 3.05) is 13.1 Å². The van der Waals surface area contributed by atoms with Gasteiger partial charge in [-0.15, -0.1) is 0 Å². The Labute approximate surface area is 209 Å². The van der Waals surface area contributed by atoms with Crippen molar-refractivity contribution in [3.05, 3.63) is 35.9 Å². The molecule has 3 atom stereocenters. The molecule has 11 heteroatoms. The zero-order valence-electron chi connectivity index (χ0n) is 20.0. The lowest BCUT2D eigenvalue weighted by Gasteiger charge is -2.28. The molecule has 35 heavy (non-hydrogen) atoms. The summed E-state index contributed by atoms with van der Waals surface area (Å²) in [5.41, 5.74) is 11.9. The molecule has 192 valence electrons. The fourth-order valence-electron chi connectivity index (χ4n) is 3.97. The molecule has 1 aliphatic rings. The molecule has 0 bridgehead atoms. The lowest BCUT2D eigenvalue weighted by Crippen LogP contribution is -2.56. The first-order valence-electron chi connectivity index (χ1n) is 11.8. The van der Waals surface area contributed by atoms with Gasteiger partial charge in [-0.3, -0.25) is 24.0 Å². The van der Waals surface area contributed by atoms with Gasteiger partial charge in [0.05, 0.1) is 0 Å². The van der Waals surface area contributed by atoms with Crippen LogP contribution in [0.3, 0.4) is 0 Å². The van der Waals surface area contributed by atoms with Gasteiger partial charge < -0.3 is 27.0 Å². The van der Waals surface area contributed by atoms with Gasteiger partial charge in [-0.25, -0.2) is 0 Å².